The predicted octanol–water partition coefficient (Wildman–Crippen LogP) is 0.291. The van der Waals surface area contributed by atoms with Crippen LogP contribution in [0.15, 0.2) is 0 Å². The van der Waals surface area contributed by atoms with Gasteiger partial charge in [-0.2, -0.15) is 0 Å². The van der Waals surface area contributed by atoms with E-state index in [1.807, 2.05) is 0 Å². The first-order valence-corrected chi connectivity index (χ1v) is 5.37. The Hall–Kier alpha value is -0.160. The van der Waals surface area contributed by atoms with Crippen molar-refractivity contribution in [2.75, 3.05) is 46.9 Å². The van der Waals surface area contributed by atoms with Crippen molar-refractivity contribution in [2.24, 2.45) is 0 Å². The zero-order valence-corrected chi connectivity index (χ0v) is 9.29. The van der Waals surface area contributed by atoms with Gasteiger partial charge in [0.15, 0.2) is 6.29 Å². The Morgan fingerprint density at radius 1 is 1.29 bits per heavy atom. The van der Waals surface area contributed by atoms with E-state index in [1.54, 1.807) is 0 Å². The Morgan fingerprint density at radius 2 is 2.00 bits per heavy atom. The molecule has 4 heteroatoms. The summed E-state index contributed by atoms with van der Waals surface area (Å²) in [6, 6.07) is 0. The summed E-state index contributed by atoms with van der Waals surface area (Å²) in [7, 11) is 4.18. The van der Waals surface area contributed by atoms with Crippen molar-refractivity contribution in [2.45, 2.75) is 19.1 Å². The Morgan fingerprint density at radius 3 is 2.64 bits per heavy atom. The number of rotatable bonds is 6. The molecule has 0 unspecified atom stereocenters. The van der Waals surface area contributed by atoms with Gasteiger partial charge in [0.05, 0.1) is 13.2 Å². The van der Waals surface area contributed by atoms with Crippen LogP contribution < -0.4 is 5.32 Å². The van der Waals surface area contributed by atoms with E-state index in [-0.39, 0.29) is 6.29 Å². The molecule has 0 amide bonds. The minimum absolute atomic E-state index is 0.0249. The third-order valence-corrected chi connectivity index (χ3v) is 2.17. The van der Waals surface area contributed by atoms with Crippen molar-refractivity contribution >= 4 is 0 Å². The lowest BCUT2D eigenvalue weighted by Crippen LogP contribution is -2.36. The zero-order valence-electron chi connectivity index (χ0n) is 9.29. The predicted molar refractivity (Wildman–Crippen MR) is 56.3 cm³/mol. The lowest BCUT2D eigenvalue weighted by atomic mass is 10.4. The summed E-state index contributed by atoms with van der Waals surface area (Å²) < 4.78 is 10.8. The molecule has 1 aliphatic heterocycles. The van der Waals surface area contributed by atoms with Crippen molar-refractivity contribution in [1.29, 1.82) is 0 Å². The molecule has 1 heterocycles. The molecule has 14 heavy (non-hydrogen) atoms. The molecule has 1 N–H and O–H groups in total. The number of hydrogen-bond donors (Lipinski definition) is 1. The van der Waals surface area contributed by atoms with E-state index in [1.165, 1.54) is 6.42 Å². The van der Waals surface area contributed by atoms with E-state index in [9.17, 15) is 0 Å². The molecule has 0 aromatic heterocycles. The summed E-state index contributed by atoms with van der Waals surface area (Å²) in [6.45, 7) is 4.64. The minimum Gasteiger partial charge on any atom is -0.351 e. The minimum atomic E-state index is -0.0249. The zero-order chi connectivity index (χ0) is 10.2. The number of nitrogens with one attached hydrogen (secondary N) is 1. The van der Waals surface area contributed by atoms with Crippen molar-refractivity contribution in [3.05, 3.63) is 0 Å². The molecule has 0 saturated carbocycles. The monoisotopic (exact) mass is 202 g/mol. The van der Waals surface area contributed by atoms with Crippen LogP contribution in [0.5, 0.6) is 0 Å². The van der Waals surface area contributed by atoms with Crippen LogP contribution in [0.25, 0.3) is 0 Å². The van der Waals surface area contributed by atoms with Crippen LogP contribution in [0.2, 0.25) is 0 Å². The van der Waals surface area contributed by atoms with Gasteiger partial charge in [-0.15, -0.1) is 0 Å². The van der Waals surface area contributed by atoms with Gasteiger partial charge in [-0.3, -0.25) is 0 Å². The smallest absolute Gasteiger partial charge is 0.169 e. The molecule has 84 valence electrons. The largest absolute Gasteiger partial charge is 0.351 e. The quantitative estimate of drug-likeness (QED) is 0.628. The van der Waals surface area contributed by atoms with Crippen molar-refractivity contribution < 1.29 is 9.47 Å². The summed E-state index contributed by atoms with van der Waals surface area (Å²) >= 11 is 0. The van der Waals surface area contributed by atoms with Gasteiger partial charge in [0.2, 0.25) is 0 Å². The van der Waals surface area contributed by atoms with Gasteiger partial charge in [0.25, 0.3) is 0 Å². The standard InChI is InChI=1S/C10H22N2O2/c1-12(2)6-3-5-11-9-10-13-7-4-8-14-10/h10-11H,3-9H2,1-2H3. The van der Waals surface area contributed by atoms with Gasteiger partial charge < -0.3 is 19.7 Å². The molecule has 0 bridgehead atoms. The molecule has 1 saturated heterocycles. The van der Waals surface area contributed by atoms with Crippen LogP contribution in [-0.2, 0) is 9.47 Å². The van der Waals surface area contributed by atoms with E-state index in [0.29, 0.717) is 0 Å². The van der Waals surface area contributed by atoms with Crippen molar-refractivity contribution in [3.8, 4) is 0 Å². The number of nitrogens with zero attached hydrogens (tertiary/aromatic N) is 1. The molecule has 1 aliphatic rings. The highest BCUT2D eigenvalue weighted by Crippen LogP contribution is 2.02. The molecule has 0 spiro atoms. The molecule has 0 atom stereocenters. The number of hydrogen-bond acceptors (Lipinski definition) is 4. The topological polar surface area (TPSA) is 33.7 Å². The average Bonchev–Trinajstić information content (AvgIpc) is 2.18. The van der Waals surface area contributed by atoms with Gasteiger partial charge in [0.1, 0.15) is 0 Å². The molecule has 0 radical (unpaired) electrons. The normalized spacial score (nSPS) is 19.1. The Labute approximate surface area is 86.6 Å². The highest BCUT2D eigenvalue weighted by Gasteiger charge is 2.12. The van der Waals surface area contributed by atoms with Gasteiger partial charge >= 0.3 is 0 Å². The maximum absolute atomic E-state index is 5.41. The highest BCUT2D eigenvalue weighted by atomic mass is 16.7. The maximum atomic E-state index is 5.41. The number of ether oxygens (including phenoxy) is 2. The Bertz CT molecular complexity index is 136. The summed E-state index contributed by atoms with van der Waals surface area (Å²) in [4.78, 5) is 2.19. The second-order valence-corrected chi connectivity index (χ2v) is 3.89. The lowest BCUT2D eigenvalue weighted by Gasteiger charge is -2.23. The molecule has 0 aromatic rings. The van der Waals surface area contributed by atoms with E-state index in [2.05, 4.69) is 24.3 Å². The maximum Gasteiger partial charge on any atom is 0.169 e. The van der Waals surface area contributed by atoms with Crippen molar-refractivity contribution in [3.63, 3.8) is 0 Å². The Kier molecular flexibility index (Phi) is 6.10. The van der Waals surface area contributed by atoms with Crippen LogP contribution in [0.4, 0.5) is 0 Å². The van der Waals surface area contributed by atoms with Gasteiger partial charge in [-0.1, -0.05) is 0 Å². The average molecular weight is 202 g/mol. The van der Waals surface area contributed by atoms with E-state index >= 15 is 0 Å². The first kappa shape index (κ1) is 11.9. The van der Waals surface area contributed by atoms with Crippen molar-refractivity contribution in [1.82, 2.24) is 10.2 Å². The van der Waals surface area contributed by atoms with Crippen LogP contribution in [0.3, 0.4) is 0 Å². The summed E-state index contributed by atoms with van der Waals surface area (Å²) in [5.74, 6) is 0. The van der Waals surface area contributed by atoms with Crippen LogP contribution in [0, 0.1) is 0 Å². The van der Waals surface area contributed by atoms with Gasteiger partial charge in [-0.25, -0.2) is 0 Å². The third kappa shape index (κ3) is 5.54. The van der Waals surface area contributed by atoms with E-state index in [0.717, 1.165) is 39.3 Å². The second kappa shape index (κ2) is 7.17. The van der Waals surface area contributed by atoms with Gasteiger partial charge in [0, 0.05) is 6.54 Å². The SMILES string of the molecule is CN(C)CCCNCC1OCCCO1. The summed E-state index contributed by atoms with van der Waals surface area (Å²) in [5, 5.41) is 3.33. The fraction of sp³-hybridized carbons (Fsp3) is 1.00. The fourth-order valence-electron chi connectivity index (χ4n) is 1.39. The summed E-state index contributed by atoms with van der Waals surface area (Å²) in [5.41, 5.74) is 0. The summed E-state index contributed by atoms with van der Waals surface area (Å²) in [6.07, 6.45) is 2.17. The van der Waals surface area contributed by atoms with Crippen LogP contribution >= 0.6 is 0 Å². The molecule has 4 nitrogen and oxygen atoms in total. The molecule has 0 aliphatic carbocycles. The Balaban J connectivity index is 1.87. The van der Waals surface area contributed by atoms with E-state index < -0.39 is 0 Å². The molecule has 1 fully saturated rings. The molecule has 1 rings (SSSR count). The van der Waals surface area contributed by atoms with Crippen LogP contribution in [-0.4, -0.2) is 58.1 Å². The second-order valence-electron chi connectivity index (χ2n) is 3.89. The highest BCUT2D eigenvalue weighted by molar-refractivity contribution is 4.56. The van der Waals surface area contributed by atoms with Crippen LogP contribution in [0.1, 0.15) is 12.8 Å². The first-order valence-electron chi connectivity index (χ1n) is 5.37. The lowest BCUT2D eigenvalue weighted by molar-refractivity contribution is -0.175. The first-order chi connectivity index (χ1) is 6.79. The van der Waals surface area contributed by atoms with E-state index in [4.69, 9.17) is 9.47 Å². The van der Waals surface area contributed by atoms with Gasteiger partial charge in [-0.05, 0) is 40.0 Å². The molecular weight excluding hydrogens is 180 g/mol. The molecule has 0 aromatic carbocycles. The fourth-order valence-corrected chi connectivity index (χ4v) is 1.39. The molecular formula is C10H22N2O2. The third-order valence-electron chi connectivity index (χ3n) is 2.17.